The molecule has 0 unspecified atom stereocenters. The Balaban J connectivity index is 2.16. The second-order valence-electron chi connectivity index (χ2n) is 6.36. The lowest BCUT2D eigenvalue weighted by Gasteiger charge is -2.36. The van der Waals surface area contributed by atoms with Gasteiger partial charge in [-0.3, -0.25) is 9.59 Å². The average molecular weight is 349 g/mol. The number of likely N-dealkylation sites (N-methyl/N-ethyl adjacent to an activating group) is 2. The van der Waals surface area contributed by atoms with Crippen molar-refractivity contribution in [3.8, 4) is 5.75 Å². The number of carbonyl (C=O) groups is 2. The van der Waals surface area contributed by atoms with Crippen molar-refractivity contribution in [3.63, 3.8) is 0 Å². The van der Waals surface area contributed by atoms with Crippen LogP contribution in [0, 0.1) is 0 Å². The molecule has 1 atom stereocenters. The Labute approximate surface area is 148 Å². The number of hydrogen-bond acceptors (Lipinski definition) is 5. The summed E-state index contributed by atoms with van der Waals surface area (Å²) in [5, 5.41) is 9.07. The molecule has 25 heavy (non-hydrogen) atoms. The Bertz CT molecular complexity index is 633. The molecule has 0 spiro atoms. The summed E-state index contributed by atoms with van der Waals surface area (Å²) in [7, 11) is 5.33. The number of nitrogens with zero attached hydrogens (tertiary/aromatic N) is 3. The van der Waals surface area contributed by atoms with Gasteiger partial charge in [-0.2, -0.15) is 0 Å². The lowest BCUT2D eigenvalue weighted by Crippen LogP contribution is -2.45. The maximum atomic E-state index is 12.4. The molecule has 0 bridgehead atoms. The largest absolute Gasteiger partial charge is 0.489 e. The van der Waals surface area contributed by atoms with E-state index >= 15 is 0 Å². The molecule has 2 rings (SSSR count). The zero-order chi connectivity index (χ0) is 18.6. The van der Waals surface area contributed by atoms with Crippen LogP contribution in [0.2, 0.25) is 0 Å². The summed E-state index contributed by atoms with van der Waals surface area (Å²) in [4.78, 5) is 29.8. The Morgan fingerprint density at radius 3 is 2.68 bits per heavy atom. The molecule has 1 aliphatic heterocycles. The summed E-state index contributed by atoms with van der Waals surface area (Å²) >= 11 is 0. The van der Waals surface area contributed by atoms with E-state index in [1.807, 2.05) is 18.9 Å². The first-order valence-electron chi connectivity index (χ1n) is 8.49. The van der Waals surface area contributed by atoms with Crippen molar-refractivity contribution in [2.75, 3.05) is 52.3 Å². The SMILES string of the molecule is CCN(CCO)C(=O)C[C@H]1COc2ccc(C(=O)N(C)C)cc2N1C. The molecule has 2 amide bonds. The molecule has 0 saturated heterocycles. The number of aliphatic hydroxyl groups excluding tert-OH is 1. The third-order valence-electron chi connectivity index (χ3n) is 4.49. The summed E-state index contributed by atoms with van der Waals surface area (Å²) in [6.07, 6.45) is 0.301. The van der Waals surface area contributed by atoms with Gasteiger partial charge in [0, 0.05) is 39.8 Å². The van der Waals surface area contributed by atoms with Crippen LogP contribution in [-0.4, -0.2) is 80.2 Å². The van der Waals surface area contributed by atoms with E-state index in [2.05, 4.69) is 0 Å². The first-order chi connectivity index (χ1) is 11.9. The van der Waals surface area contributed by atoms with E-state index in [-0.39, 0.29) is 24.5 Å². The summed E-state index contributed by atoms with van der Waals surface area (Å²) in [6, 6.07) is 5.24. The average Bonchev–Trinajstić information content (AvgIpc) is 2.60. The van der Waals surface area contributed by atoms with Gasteiger partial charge in [0.1, 0.15) is 12.4 Å². The number of fused-ring (bicyclic) bond motifs is 1. The molecule has 0 radical (unpaired) electrons. The van der Waals surface area contributed by atoms with Gasteiger partial charge in [-0.25, -0.2) is 0 Å². The van der Waals surface area contributed by atoms with Crippen LogP contribution in [0.15, 0.2) is 18.2 Å². The van der Waals surface area contributed by atoms with Gasteiger partial charge in [-0.05, 0) is 25.1 Å². The van der Waals surface area contributed by atoms with Crippen LogP contribution in [0.4, 0.5) is 5.69 Å². The fraction of sp³-hybridized carbons (Fsp3) is 0.556. The van der Waals surface area contributed by atoms with Crippen molar-refractivity contribution >= 4 is 17.5 Å². The third-order valence-corrected chi connectivity index (χ3v) is 4.49. The molecule has 1 heterocycles. The summed E-state index contributed by atoms with van der Waals surface area (Å²) in [5.41, 5.74) is 1.39. The predicted octanol–water partition coefficient (Wildman–Crippen LogP) is 0.816. The van der Waals surface area contributed by atoms with Crippen LogP contribution in [0.1, 0.15) is 23.7 Å². The topological polar surface area (TPSA) is 73.3 Å². The molecular weight excluding hydrogens is 322 g/mol. The summed E-state index contributed by atoms with van der Waals surface area (Å²) in [5.74, 6) is 0.625. The summed E-state index contributed by atoms with van der Waals surface area (Å²) < 4.78 is 5.79. The molecule has 0 saturated carbocycles. The predicted molar refractivity (Wildman–Crippen MR) is 96.1 cm³/mol. The number of carbonyl (C=O) groups excluding carboxylic acids is 2. The fourth-order valence-corrected chi connectivity index (χ4v) is 2.91. The molecule has 1 aliphatic rings. The van der Waals surface area contributed by atoms with Gasteiger partial charge in [-0.15, -0.1) is 0 Å². The number of anilines is 1. The molecule has 1 aromatic carbocycles. The van der Waals surface area contributed by atoms with Crippen LogP contribution in [-0.2, 0) is 4.79 Å². The first kappa shape index (κ1) is 19.1. The van der Waals surface area contributed by atoms with Crippen LogP contribution in [0.5, 0.6) is 5.75 Å². The van der Waals surface area contributed by atoms with Crippen molar-refractivity contribution in [2.45, 2.75) is 19.4 Å². The van der Waals surface area contributed by atoms with Crippen molar-refractivity contribution in [1.82, 2.24) is 9.80 Å². The van der Waals surface area contributed by atoms with E-state index in [4.69, 9.17) is 9.84 Å². The van der Waals surface area contributed by atoms with Crippen molar-refractivity contribution < 1.29 is 19.4 Å². The highest BCUT2D eigenvalue weighted by atomic mass is 16.5. The lowest BCUT2D eigenvalue weighted by atomic mass is 10.1. The Hall–Kier alpha value is -2.28. The lowest BCUT2D eigenvalue weighted by molar-refractivity contribution is -0.132. The smallest absolute Gasteiger partial charge is 0.253 e. The number of amides is 2. The normalized spacial score (nSPS) is 16.0. The fourth-order valence-electron chi connectivity index (χ4n) is 2.91. The molecular formula is C18H27N3O4. The zero-order valence-corrected chi connectivity index (χ0v) is 15.4. The minimum absolute atomic E-state index is 0.0130. The Kier molecular flexibility index (Phi) is 6.25. The number of aliphatic hydroxyl groups is 1. The Morgan fingerprint density at radius 2 is 2.08 bits per heavy atom. The van der Waals surface area contributed by atoms with Gasteiger partial charge < -0.3 is 24.5 Å². The van der Waals surface area contributed by atoms with Crippen LogP contribution in [0.3, 0.4) is 0 Å². The van der Waals surface area contributed by atoms with E-state index in [1.165, 1.54) is 4.90 Å². The van der Waals surface area contributed by atoms with Crippen molar-refractivity contribution in [3.05, 3.63) is 23.8 Å². The van der Waals surface area contributed by atoms with Crippen molar-refractivity contribution in [1.29, 1.82) is 0 Å². The highest BCUT2D eigenvalue weighted by Crippen LogP contribution is 2.34. The number of benzene rings is 1. The molecule has 0 fully saturated rings. The minimum atomic E-state index is -0.113. The van der Waals surface area contributed by atoms with Gasteiger partial charge in [0.15, 0.2) is 0 Å². The molecule has 1 N–H and O–H groups in total. The quantitative estimate of drug-likeness (QED) is 0.823. The number of ether oxygens (including phenoxy) is 1. The number of rotatable bonds is 6. The van der Waals surface area contributed by atoms with Gasteiger partial charge in [-0.1, -0.05) is 0 Å². The molecule has 0 aromatic heterocycles. The monoisotopic (exact) mass is 349 g/mol. The first-order valence-corrected chi connectivity index (χ1v) is 8.49. The second-order valence-corrected chi connectivity index (χ2v) is 6.36. The summed E-state index contributed by atoms with van der Waals surface area (Å²) in [6.45, 7) is 3.16. The second kappa shape index (κ2) is 8.20. The van der Waals surface area contributed by atoms with E-state index < -0.39 is 0 Å². The van der Waals surface area contributed by atoms with E-state index in [0.29, 0.717) is 37.4 Å². The Morgan fingerprint density at radius 1 is 1.36 bits per heavy atom. The minimum Gasteiger partial charge on any atom is -0.489 e. The molecule has 7 heteroatoms. The molecule has 1 aromatic rings. The maximum Gasteiger partial charge on any atom is 0.253 e. The van der Waals surface area contributed by atoms with E-state index in [9.17, 15) is 9.59 Å². The van der Waals surface area contributed by atoms with Crippen LogP contribution in [0.25, 0.3) is 0 Å². The van der Waals surface area contributed by atoms with Crippen molar-refractivity contribution in [2.24, 2.45) is 0 Å². The van der Waals surface area contributed by atoms with E-state index in [1.54, 1.807) is 37.2 Å². The van der Waals surface area contributed by atoms with E-state index in [0.717, 1.165) is 5.69 Å². The molecule has 7 nitrogen and oxygen atoms in total. The highest BCUT2D eigenvalue weighted by molar-refractivity contribution is 5.95. The van der Waals surface area contributed by atoms with Gasteiger partial charge >= 0.3 is 0 Å². The van der Waals surface area contributed by atoms with Crippen LogP contribution >= 0.6 is 0 Å². The molecule has 0 aliphatic carbocycles. The third kappa shape index (κ3) is 4.22. The van der Waals surface area contributed by atoms with Gasteiger partial charge in [0.2, 0.25) is 5.91 Å². The maximum absolute atomic E-state index is 12.4. The van der Waals surface area contributed by atoms with Gasteiger partial charge in [0.05, 0.1) is 24.8 Å². The van der Waals surface area contributed by atoms with Gasteiger partial charge in [0.25, 0.3) is 5.91 Å². The van der Waals surface area contributed by atoms with Crippen LogP contribution < -0.4 is 9.64 Å². The highest BCUT2D eigenvalue weighted by Gasteiger charge is 2.29. The standard InChI is InChI=1S/C18H27N3O4/c1-5-21(8-9-22)17(23)11-14-12-25-16-7-6-13(18(24)19(2)3)10-15(16)20(14)4/h6-7,10,14,22H,5,8-9,11-12H2,1-4H3/t14-/m0/s1. The zero-order valence-electron chi connectivity index (χ0n) is 15.4. The molecule has 138 valence electrons. The number of hydrogen-bond donors (Lipinski definition) is 1.